The van der Waals surface area contributed by atoms with Crippen LogP contribution in [0.3, 0.4) is 0 Å². The monoisotopic (exact) mass is 421 g/mol. The Hall–Kier alpha value is -2.97. The molecule has 0 bridgehead atoms. The van der Waals surface area contributed by atoms with Gasteiger partial charge in [0.05, 0.1) is 6.61 Å². The Labute approximate surface area is 173 Å². The second-order valence-electron chi connectivity index (χ2n) is 5.69. The van der Waals surface area contributed by atoms with Crippen LogP contribution in [0.5, 0.6) is 0 Å². The first kappa shape index (κ1) is 22.3. The van der Waals surface area contributed by atoms with Gasteiger partial charge in [-0.1, -0.05) is 46.2 Å². The Bertz CT molecular complexity index is 918. The van der Waals surface area contributed by atoms with Crippen LogP contribution in [0.2, 0.25) is 5.02 Å². The van der Waals surface area contributed by atoms with Crippen LogP contribution >= 0.6 is 11.6 Å². The summed E-state index contributed by atoms with van der Waals surface area (Å²) >= 11 is 6.30. The largest absolute Gasteiger partial charge is 0.398 e. The molecular weight excluding hydrogens is 401 g/mol. The lowest BCUT2D eigenvalue weighted by molar-refractivity contribution is -0.114. The molecule has 0 fully saturated rings. The summed E-state index contributed by atoms with van der Waals surface area (Å²) in [7, 11) is 4.28. The number of carbonyl (C=O) groups excluding carboxylic acids is 1. The lowest BCUT2D eigenvalue weighted by atomic mass is 10.0. The predicted octanol–water partition coefficient (Wildman–Crippen LogP) is 3.14. The number of amides is 1. The number of rotatable bonds is 9. The zero-order chi connectivity index (χ0) is 21.2. The highest BCUT2D eigenvalue weighted by Crippen LogP contribution is 2.22. The van der Waals surface area contributed by atoms with E-state index in [1.807, 2.05) is 0 Å². The molecule has 2 rings (SSSR count). The fourth-order valence-electron chi connectivity index (χ4n) is 2.51. The summed E-state index contributed by atoms with van der Waals surface area (Å²) < 4.78 is 19.2. The van der Waals surface area contributed by atoms with Gasteiger partial charge in [0.1, 0.15) is 25.2 Å². The van der Waals surface area contributed by atoms with Gasteiger partial charge in [-0.15, -0.1) is 0 Å². The highest BCUT2D eigenvalue weighted by atomic mass is 35.5. The number of benzene rings is 2. The summed E-state index contributed by atoms with van der Waals surface area (Å²) in [6, 6.07) is 11.1. The summed E-state index contributed by atoms with van der Waals surface area (Å²) in [5.41, 5.74) is 1.47. The maximum Gasteiger partial charge on any atom is 0.273 e. The van der Waals surface area contributed by atoms with Gasteiger partial charge in [0, 0.05) is 35.9 Å². The van der Waals surface area contributed by atoms with Gasteiger partial charge in [0.2, 0.25) is 0 Å². The Morgan fingerprint density at radius 1 is 1.10 bits per heavy atom. The van der Waals surface area contributed by atoms with Gasteiger partial charge in [-0.2, -0.15) is 0 Å². The van der Waals surface area contributed by atoms with Crippen LogP contribution in [-0.2, 0) is 25.8 Å². The zero-order valence-corrected chi connectivity index (χ0v) is 17.0. The number of hydrogen-bond donors (Lipinski definition) is 1. The molecule has 0 aliphatic rings. The average Bonchev–Trinajstić information content (AvgIpc) is 2.72. The van der Waals surface area contributed by atoms with Crippen molar-refractivity contribution >= 4 is 28.9 Å². The van der Waals surface area contributed by atoms with Gasteiger partial charge in [0.25, 0.3) is 5.91 Å². The fraction of sp³-hybridized carbons (Fsp3) is 0.250. The Balaban J connectivity index is 2.34. The Morgan fingerprint density at radius 3 is 2.48 bits per heavy atom. The predicted molar refractivity (Wildman–Crippen MR) is 109 cm³/mol. The van der Waals surface area contributed by atoms with E-state index in [-0.39, 0.29) is 30.2 Å². The van der Waals surface area contributed by atoms with E-state index in [9.17, 15) is 9.18 Å². The van der Waals surface area contributed by atoms with Crippen molar-refractivity contribution in [2.75, 3.05) is 27.9 Å². The number of halogens is 2. The lowest BCUT2D eigenvalue weighted by Gasteiger charge is -2.12. The van der Waals surface area contributed by atoms with Gasteiger partial charge in [-0.05, 0) is 18.2 Å². The van der Waals surface area contributed by atoms with E-state index in [1.165, 1.54) is 27.3 Å². The normalized spacial score (nSPS) is 11.9. The average molecular weight is 422 g/mol. The Kier molecular flexibility index (Phi) is 8.57. The number of hydrogen-bond acceptors (Lipinski definition) is 6. The molecule has 0 atom stereocenters. The highest BCUT2D eigenvalue weighted by Gasteiger charge is 2.20. The van der Waals surface area contributed by atoms with E-state index < -0.39 is 11.7 Å². The van der Waals surface area contributed by atoms with Gasteiger partial charge in [-0.3, -0.25) is 4.79 Å². The van der Waals surface area contributed by atoms with E-state index in [0.717, 1.165) is 0 Å². The fourth-order valence-corrected chi connectivity index (χ4v) is 2.74. The minimum absolute atomic E-state index is 0.0336. The molecule has 1 amide bonds. The minimum atomic E-state index is -0.453. The van der Waals surface area contributed by atoms with Crippen LogP contribution in [0.4, 0.5) is 4.39 Å². The SMILES string of the molecule is CNC(=O)/C(=N/OC)c1cccc(Cl)c1CO/N=C(\COC)c1ccccc1F. The third-order valence-corrected chi connectivity index (χ3v) is 4.20. The first-order chi connectivity index (χ1) is 14.0. The number of nitrogens with one attached hydrogen (secondary N) is 1. The third kappa shape index (κ3) is 5.75. The molecule has 0 aliphatic heterocycles. The molecule has 9 heteroatoms. The molecule has 0 saturated heterocycles. The van der Waals surface area contributed by atoms with Crippen molar-refractivity contribution in [2.45, 2.75) is 6.61 Å². The summed E-state index contributed by atoms with van der Waals surface area (Å²) in [6.07, 6.45) is 0. The number of carbonyl (C=O) groups is 1. The molecule has 0 aliphatic carbocycles. The molecule has 154 valence electrons. The van der Waals surface area contributed by atoms with Gasteiger partial charge in [0.15, 0.2) is 5.71 Å². The topological polar surface area (TPSA) is 81.5 Å². The molecule has 2 aromatic rings. The molecule has 2 aromatic carbocycles. The van der Waals surface area contributed by atoms with Crippen molar-refractivity contribution in [3.63, 3.8) is 0 Å². The van der Waals surface area contributed by atoms with Gasteiger partial charge >= 0.3 is 0 Å². The smallest absolute Gasteiger partial charge is 0.273 e. The number of ether oxygens (including phenoxy) is 1. The van der Waals surface area contributed by atoms with E-state index >= 15 is 0 Å². The summed E-state index contributed by atoms with van der Waals surface area (Å²) in [5, 5.41) is 10.6. The maximum atomic E-state index is 14.1. The van der Waals surface area contributed by atoms with Crippen molar-refractivity contribution < 1.29 is 23.6 Å². The molecule has 29 heavy (non-hydrogen) atoms. The first-order valence-electron chi connectivity index (χ1n) is 8.57. The van der Waals surface area contributed by atoms with E-state index in [1.54, 1.807) is 36.4 Å². The second kappa shape index (κ2) is 11.1. The van der Waals surface area contributed by atoms with Gasteiger partial charge in [-0.25, -0.2) is 4.39 Å². The molecule has 1 N–H and O–H groups in total. The minimum Gasteiger partial charge on any atom is -0.398 e. The lowest BCUT2D eigenvalue weighted by Crippen LogP contribution is -2.29. The van der Waals surface area contributed by atoms with Crippen molar-refractivity contribution in [3.05, 3.63) is 70.0 Å². The Morgan fingerprint density at radius 2 is 1.83 bits per heavy atom. The van der Waals surface area contributed by atoms with Crippen LogP contribution in [0.25, 0.3) is 0 Å². The molecule has 0 aromatic heterocycles. The van der Waals surface area contributed by atoms with Crippen LogP contribution in [-0.4, -0.2) is 45.2 Å². The maximum absolute atomic E-state index is 14.1. The van der Waals surface area contributed by atoms with Crippen LogP contribution in [0.15, 0.2) is 52.8 Å². The summed E-state index contributed by atoms with van der Waals surface area (Å²) in [4.78, 5) is 22.4. The number of oxime groups is 2. The van der Waals surface area contributed by atoms with Gasteiger partial charge < -0.3 is 19.7 Å². The molecule has 0 radical (unpaired) electrons. The van der Waals surface area contributed by atoms with Crippen molar-refractivity contribution in [1.82, 2.24) is 5.32 Å². The van der Waals surface area contributed by atoms with Crippen molar-refractivity contribution in [3.8, 4) is 0 Å². The molecule has 7 nitrogen and oxygen atoms in total. The van der Waals surface area contributed by atoms with E-state index in [0.29, 0.717) is 16.1 Å². The summed E-state index contributed by atoms with van der Waals surface area (Å²) in [6.45, 7) is -0.0403. The van der Waals surface area contributed by atoms with Crippen molar-refractivity contribution in [1.29, 1.82) is 0 Å². The van der Waals surface area contributed by atoms with E-state index in [2.05, 4.69) is 15.6 Å². The number of methoxy groups -OCH3 is 1. The number of likely N-dealkylation sites (N-methyl/N-ethyl adjacent to an activating group) is 1. The molecule has 0 spiro atoms. The second-order valence-corrected chi connectivity index (χ2v) is 6.10. The molecular formula is C20H21ClFN3O4. The third-order valence-electron chi connectivity index (χ3n) is 3.85. The molecule has 0 heterocycles. The van der Waals surface area contributed by atoms with Crippen LogP contribution < -0.4 is 5.32 Å². The zero-order valence-electron chi connectivity index (χ0n) is 16.2. The number of nitrogens with zero attached hydrogens (tertiary/aromatic N) is 2. The van der Waals surface area contributed by atoms with E-state index in [4.69, 9.17) is 26.0 Å². The molecule has 0 saturated carbocycles. The quantitative estimate of drug-likeness (QED) is 0.498. The molecule has 0 unspecified atom stereocenters. The van der Waals surface area contributed by atoms with Crippen LogP contribution in [0, 0.1) is 5.82 Å². The highest BCUT2D eigenvalue weighted by molar-refractivity contribution is 6.46. The first-order valence-corrected chi connectivity index (χ1v) is 8.94. The standard InChI is InChI=1S/C20H21ClFN3O4/c1-23-20(26)19(25-28-3)13-8-6-9-16(21)15(13)11-29-24-18(12-27-2)14-7-4-5-10-17(14)22/h4-10H,11-12H2,1-3H3,(H,23,26)/b24-18+,25-19+. The summed E-state index contributed by atoms with van der Waals surface area (Å²) in [5.74, 6) is -0.898. The van der Waals surface area contributed by atoms with Crippen molar-refractivity contribution in [2.24, 2.45) is 10.3 Å². The van der Waals surface area contributed by atoms with Crippen LogP contribution in [0.1, 0.15) is 16.7 Å².